The van der Waals surface area contributed by atoms with Crippen molar-refractivity contribution in [1.82, 2.24) is 0 Å². The molecule has 1 aromatic rings. The third-order valence-corrected chi connectivity index (χ3v) is 8.61. The lowest BCUT2D eigenvalue weighted by atomic mass is 10.2. The molecule has 0 N–H and O–H groups in total. The van der Waals surface area contributed by atoms with E-state index in [9.17, 15) is 4.79 Å². The van der Waals surface area contributed by atoms with Crippen molar-refractivity contribution in [3.05, 3.63) is 24.2 Å². The molecule has 0 aromatic carbocycles. The fourth-order valence-corrected chi connectivity index (χ4v) is 3.22. The predicted molar refractivity (Wildman–Crippen MR) is 85.6 cm³/mol. The van der Waals surface area contributed by atoms with Crippen molar-refractivity contribution < 1.29 is 18.4 Å². The Labute approximate surface area is 128 Å². The van der Waals surface area contributed by atoms with Gasteiger partial charge in [0, 0.05) is 0 Å². The maximum absolute atomic E-state index is 12.0. The number of esters is 1. The second-order valence-electron chi connectivity index (χ2n) is 7.04. The third kappa shape index (κ3) is 5.32. The Bertz CT molecular complexity index is 445. The fourth-order valence-electron chi connectivity index (χ4n) is 1.78. The second-order valence-corrected chi connectivity index (χ2v) is 11.8. The molecule has 0 unspecified atom stereocenters. The van der Waals surface area contributed by atoms with Crippen LogP contribution in [0.5, 0.6) is 0 Å². The lowest BCUT2D eigenvalue weighted by molar-refractivity contribution is -0.151. The van der Waals surface area contributed by atoms with Crippen LogP contribution in [-0.4, -0.2) is 20.4 Å². The van der Waals surface area contributed by atoms with Crippen molar-refractivity contribution in [2.24, 2.45) is 0 Å². The molecule has 0 aliphatic carbocycles. The van der Waals surface area contributed by atoms with Crippen LogP contribution in [0.4, 0.5) is 0 Å². The molecule has 21 heavy (non-hydrogen) atoms. The predicted octanol–water partition coefficient (Wildman–Crippen LogP) is 4.68. The highest BCUT2D eigenvalue weighted by atomic mass is 28.4. The molecule has 1 heterocycles. The number of carbonyl (C=O) groups is 1. The summed E-state index contributed by atoms with van der Waals surface area (Å²) in [6.07, 6.45) is 1.33. The summed E-state index contributed by atoms with van der Waals surface area (Å²) in [5.41, 5.74) is 0. The normalized spacial score (nSPS) is 15.6. The summed E-state index contributed by atoms with van der Waals surface area (Å²) in [5.74, 6) is 0.395. The average molecular weight is 312 g/mol. The summed E-state index contributed by atoms with van der Waals surface area (Å²) in [6.45, 7) is 14.6. The van der Waals surface area contributed by atoms with Crippen molar-refractivity contribution in [3.8, 4) is 0 Å². The van der Waals surface area contributed by atoms with Crippen LogP contribution in [0.1, 0.15) is 52.9 Å². The number of hydrogen-bond acceptors (Lipinski definition) is 4. The minimum atomic E-state index is -1.85. The summed E-state index contributed by atoms with van der Waals surface area (Å²) in [4.78, 5) is 12.0. The largest absolute Gasteiger partial charge is 0.465 e. The molecule has 5 heteroatoms. The summed E-state index contributed by atoms with van der Waals surface area (Å²) >= 11 is 0. The molecule has 1 aromatic heterocycles. The Hall–Kier alpha value is -1.07. The molecule has 0 aliphatic rings. The van der Waals surface area contributed by atoms with E-state index in [1.807, 2.05) is 6.92 Å². The molecule has 0 spiro atoms. The van der Waals surface area contributed by atoms with Crippen LogP contribution in [0, 0.1) is 0 Å². The molecule has 120 valence electrons. The first-order valence-corrected chi connectivity index (χ1v) is 10.3. The molecule has 4 nitrogen and oxygen atoms in total. The Balaban J connectivity index is 2.48. The molecular formula is C16H28O4Si. The number of hydrogen-bond donors (Lipinski definition) is 0. The van der Waals surface area contributed by atoms with Gasteiger partial charge in [0.15, 0.2) is 14.4 Å². The summed E-state index contributed by atoms with van der Waals surface area (Å²) in [7, 11) is -1.85. The van der Waals surface area contributed by atoms with Crippen molar-refractivity contribution in [2.75, 3.05) is 0 Å². The van der Waals surface area contributed by atoms with Gasteiger partial charge in [-0.05, 0) is 44.1 Å². The van der Waals surface area contributed by atoms with Crippen molar-refractivity contribution in [3.63, 3.8) is 0 Å². The third-order valence-electron chi connectivity index (χ3n) is 4.01. The molecule has 0 bridgehead atoms. The first-order chi connectivity index (χ1) is 9.53. The molecule has 0 aliphatic heterocycles. The second kappa shape index (κ2) is 6.79. The van der Waals surface area contributed by atoms with E-state index in [2.05, 4.69) is 33.9 Å². The average Bonchev–Trinajstić information content (AvgIpc) is 2.78. The maximum atomic E-state index is 12.0. The van der Waals surface area contributed by atoms with E-state index in [4.69, 9.17) is 13.6 Å². The Morgan fingerprint density at radius 3 is 2.43 bits per heavy atom. The van der Waals surface area contributed by atoms with Crippen LogP contribution in [0.15, 0.2) is 22.8 Å². The smallest absolute Gasteiger partial charge is 0.309 e. The lowest BCUT2D eigenvalue weighted by Crippen LogP contribution is -2.43. The SMILES string of the molecule is C[C@H](OC(=O)C[C@H](C)O[Si](C)(C)C(C)(C)C)c1ccco1. The highest BCUT2D eigenvalue weighted by molar-refractivity contribution is 6.74. The van der Waals surface area contributed by atoms with Gasteiger partial charge in [0.1, 0.15) is 5.76 Å². The first kappa shape index (κ1) is 18.0. The Morgan fingerprint density at radius 1 is 1.33 bits per heavy atom. The zero-order chi connectivity index (χ0) is 16.3. The van der Waals surface area contributed by atoms with E-state index in [0.29, 0.717) is 5.76 Å². The van der Waals surface area contributed by atoms with E-state index in [1.165, 1.54) is 0 Å². The van der Waals surface area contributed by atoms with Crippen molar-refractivity contribution >= 4 is 14.3 Å². The summed E-state index contributed by atoms with van der Waals surface area (Å²) in [6, 6.07) is 3.58. The van der Waals surface area contributed by atoms with Crippen molar-refractivity contribution in [2.45, 2.75) is 71.4 Å². The van der Waals surface area contributed by atoms with Gasteiger partial charge < -0.3 is 13.6 Å². The molecular weight excluding hydrogens is 284 g/mol. The number of ether oxygens (including phenoxy) is 1. The molecule has 0 fully saturated rings. The molecule has 0 radical (unpaired) electrons. The van der Waals surface area contributed by atoms with Gasteiger partial charge >= 0.3 is 5.97 Å². The van der Waals surface area contributed by atoms with E-state index < -0.39 is 8.32 Å². The van der Waals surface area contributed by atoms with E-state index >= 15 is 0 Å². The van der Waals surface area contributed by atoms with Gasteiger partial charge in [0.25, 0.3) is 0 Å². The van der Waals surface area contributed by atoms with E-state index in [-0.39, 0.29) is 29.6 Å². The fraction of sp³-hybridized carbons (Fsp3) is 0.688. The monoisotopic (exact) mass is 312 g/mol. The standard InChI is InChI=1S/C16H28O4Si/c1-12(20-21(6,7)16(3,4)5)11-15(17)19-13(2)14-9-8-10-18-14/h8-10,12-13H,11H2,1-7H3/t12-,13-/m0/s1. The lowest BCUT2D eigenvalue weighted by Gasteiger charge is -2.38. The van der Waals surface area contributed by atoms with Gasteiger partial charge in [-0.2, -0.15) is 0 Å². The zero-order valence-corrected chi connectivity index (χ0v) is 15.2. The van der Waals surface area contributed by atoms with Gasteiger partial charge in [0.2, 0.25) is 0 Å². The van der Waals surface area contributed by atoms with Gasteiger partial charge in [-0.25, -0.2) is 0 Å². The molecule has 1 rings (SSSR count). The molecule has 0 saturated heterocycles. The molecule has 2 atom stereocenters. The first-order valence-electron chi connectivity index (χ1n) is 7.43. The van der Waals surface area contributed by atoms with Gasteiger partial charge in [-0.3, -0.25) is 4.79 Å². The Morgan fingerprint density at radius 2 is 1.95 bits per heavy atom. The highest BCUT2D eigenvalue weighted by Crippen LogP contribution is 2.37. The van der Waals surface area contributed by atoms with Crippen LogP contribution in [0.2, 0.25) is 18.1 Å². The zero-order valence-electron chi connectivity index (χ0n) is 14.2. The van der Waals surface area contributed by atoms with Crippen LogP contribution >= 0.6 is 0 Å². The van der Waals surface area contributed by atoms with E-state index in [1.54, 1.807) is 25.3 Å². The highest BCUT2D eigenvalue weighted by Gasteiger charge is 2.38. The van der Waals surface area contributed by atoms with Gasteiger partial charge in [-0.15, -0.1) is 0 Å². The van der Waals surface area contributed by atoms with Gasteiger partial charge in [-0.1, -0.05) is 20.8 Å². The number of furan rings is 1. The quantitative estimate of drug-likeness (QED) is 0.565. The van der Waals surface area contributed by atoms with Gasteiger partial charge in [0.05, 0.1) is 18.8 Å². The summed E-state index contributed by atoms with van der Waals surface area (Å²) < 4.78 is 16.8. The van der Waals surface area contributed by atoms with E-state index in [0.717, 1.165) is 0 Å². The Kier molecular flexibility index (Phi) is 5.81. The van der Waals surface area contributed by atoms with Crippen LogP contribution in [0.3, 0.4) is 0 Å². The topological polar surface area (TPSA) is 48.7 Å². The molecule has 0 saturated carbocycles. The molecule has 0 amide bonds. The minimum Gasteiger partial charge on any atom is -0.465 e. The van der Waals surface area contributed by atoms with Crippen LogP contribution in [0.25, 0.3) is 0 Å². The summed E-state index contributed by atoms with van der Waals surface area (Å²) in [5, 5.41) is 0.132. The minimum absolute atomic E-state index is 0.132. The van der Waals surface area contributed by atoms with Crippen molar-refractivity contribution in [1.29, 1.82) is 0 Å². The van der Waals surface area contributed by atoms with Crippen LogP contribution < -0.4 is 0 Å². The number of carbonyl (C=O) groups excluding carboxylic acids is 1. The van der Waals surface area contributed by atoms with Crippen LogP contribution in [-0.2, 0) is 14.0 Å². The number of rotatable bonds is 6. The maximum Gasteiger partial charge on any atom is 0.309 e.